The minimum atomic E-state index is -0.115. The highest BCUT2D eigenvalue weighted by molar-refractivity contribution is 5.94. The zero-order valence-electron chi connectivity index (χ0n) is 16.2. The fraction of sp³-hybridized carbons (Fsp3) is 0.143. The molecule has 0 amide bonds. The predicted molar refractivity (Wildman–Crippen MR) is 115 cm³/mol. The summed E-state index contributed by atoms with van der Waals surface area (Å²) in [6.07, 6.45) is 6.56. The van der Waals surface area contributed by atoms with E-state index in [0.29, 0.717) is 22.8 Å². The number of nitrogens with zero attached hydrogens (tertiary/aromatic N) is 4. The van der Waals surface area contributed by atoms with E-state index in [-0.39, 0.29) is 5.56 Å². The number of anilines is 4. The summed E-state index contributed by atoms with van der Waals surface area (Å²) in [5.74, 6) is 1.63. The van der Waals surface area contributed by atoms with Gasteiger partial charge >= 0.3 is 0 Å². The molecule has 0 aliphatic carbocycles. The third-order valence-electron chi connectivity index (χ3n) is 4.48. The van der Waals surface area contributed by atoms with Crippen molar-refractivity contribution in [3.63, 3.8) is 0 Å². The van der Waals surface area contributed by atoms with Gasteiger partial charge in [0.2, 0.25) is 0 Å². The van der Waals surface area contributed by atoms with Crippen molar-refractivity contribution in [2.24, 2.45) is 7.05 Å². The Balaban J connectivity index is 1.77. The molecule has 0 fully saturated rings. The fourth-order valence-corrected chi connectivity index (χ4v) is 3.05. The molecule has 0 saturated carbocycles. The predicted octanol–water partition coefficient (Wildman–Crippen LogP) is 2.93. The number of rotatable bonds is 6. The van der Waals surface area contributed by atoms with Gasteiger partial charge in [-0.25, -0.2) is 9.97 Å². The van der Waals surface area contributed by atoms with E-state index in [2.05, 4.69) is 30.9 Å². The average molecular weight is 387 g/mol. The topological polar surface area (TPSA) is 96.8 Å². The lowest BCUT2D eigenvalue weighted by molar-refractivity contribution is 0.818. The van der Waals surface area contributed by atoms with E-state index in [1.807, 2.05) is 43.4 Å². The highest BCUT2D eigenvalue weighted by atomic mass is 16.1. The Bertz CT molecular complexity index is 1190. The van der Waals surface area contributed by atoms with Crippen molar-refractivity contribution in [2.45, 2.75) is 6.54 Å². The second-order valence-corrected chi connectivity index (χ2v) is 6.62. The second-order valence-electron chi connectivity index (χ2n) is 6.62. The summed E-state index contributed by atoms with van der Waals surface area (Å²) < 4.78 is 1.54. The van der Waals surface area contributed by atoms with Crippen LogP contribution in [0.1, 0.15) is 5.56 Å². The third-order valence-corrected chi connectivity index (χ3v) is 4.48. The minimum Gasteiger partial charge on any atom is -0.339 e. The summed E-state index contributed by atoms with van der Waals surface area (Å²) in [5, 5.41) is 10.9. The molecule has 3 heterocycles. The molecule has 1 aromatic carbocycles. The highest BCUT2D eigenvalue weighted by Gasteiger charge is 2.12. The Kier molecular flexibility index (Phi) is 5.17. The van der Waals surface area contributed by atoms with Crippen LogP contribution in [-0.2, 0) is 13.6 Å². The number of fused-ring (bicyclic) bond motifs is 1. The van der Waals surface area contributed by atoms with Gasteiger partial charge in [0, 0.05) is 37.9 Å². The summed E-state index contributed by atoms with van der Waals surface area (Å²) >= 11 is 0. The summed E-state index contributed by atoms with van der Waals surface area (Å²) in [6.45, 7) is 0.791. The van der Waals surface area contributed by atoms with E-state index in [4.69, 9.17) is 0 Å². The molecule has 3 aromatic heterocycles. The van der Waals surface area contributed by atoms with Crippen LogP contribution in [0.3, 0.4) is 0 Å². The molecule has 0 saturated heterocycles. The minimum absolute atomic E-state index is 0.115. The van der Waals surface area contributed by atoms with Crippen LogP contribution in [0, 0.1) is 0 Å². The molecule has 3 N–H and O–H groups in total. The van der Waals surface area contributed by atoms with Gasteiger partial charge < -0.3 is 20.5 Å². The lowest BCUT2D eigenvalue weighted by Crippen LogP contribution is -2.17. The van der Waals surface area contributed by atoms with Gasteiger partial charge in [0.1, 0.15) is 17.5 Å². The Hall–Kier alpha value is -3.78. The number of hydrogen-bond acceptors (Lipinski definition) is 7. The van der Waals surface area contributed by atoms with E-state index in [0.717, 1.165) is 17.6 Å². The molecule has 0 aliphatic heterocycles. The van der Waals surface area contributed by atoms with Crippen LogP contribution in [0.25, 0.3) is 10.8 Å². The summed E-state index contributed by atoms with van der Waals surface area (Å²) in [7, 11) is 3.64. The van der Waals surface area contributed by atoms with Crippen molar-refractivity contribution in [1.29, 1.82) is 0 Å². The number of hydrogen-bond donors (Lipinski definition) is 3. The van der Waals surface area contributed by atoms with Crippen LogP contribution in [-0.4, -0.2) is 26.6 Å². The van der Waals surface area contributed by atoms with E-state index in [1.54, 1.807) is 36.4 Å². The largest absolute Gasteiger partial charge is 0.339 e. The summed E-state index contributed by atoms with van der Waals surface area (Å²) in [5.41, 5.74) is 1.90. The van der Waals surface area contributed by atoms with Crippen molar-refractivity contribution in [1.82, 2.24) is 24.8 Å². The van der Waals surface area contributed by atoms with Crippen LogP contribution in [0.15, 0.2) is 66.0 Å². The number of aromatic nitrogens is 4. The van der Waals surface area contributed by atoms with Crippen molar-refractivity contribution in [3.8, 4) is 0 Å². The maximum absolute atomic E-state index is 12.8. The standard InChI is InChI=1S/C21H21N7O/c1-22-12-14-3-5-16(6-4-14)25-20-19-15(7-10-28(2)21(19)29)11-17(27-20)26-18-13-23-8-9-24-18/h3-11,13,22H,12H2,1-2H3,(H2,24,25,26,27). The second kappa shape index (κ2) is 8.07. The van der Waals surface area contributed by atoms with Crippen LogP contribution in [0.5, 0.6) is 0 Å². The zero-order valence-corrected chi connectivity index (χ0v) is 16.2. The first-order valence-corrected chi connectivity index (χ1v) is 9.18. The molecule has 29 heavy (non-hydrogen) atoms. The fourth-order valence-electron chi connectivity index (χ4n) is 3.05. The zero-order chi connectivity index (χ0) is 20.2. The van der Waals surface area contributed by atoms with Crippen LogP contribution in [0.4, 0.5) is 23.1 Å². The molecule has 0 spiro atoms. The lowest BCUT2D eigenvalue weighted by atomic mass is 10.1. The van der Waals surface area contributed by atoms with Gasteiger partial charge in [0.15, 0.2) is 0 Å². The third kappa shape index (κ3) is 4.07. The molecular formula is C21H21N7O. The van der Waals surface area contributed by atoms with E-state index < -0.39 is 0 Å². The first-order valence-electron chi connectivity index (χ1n) is 9.18. The molecule has 0 unspecified atom stereocenters. The van der Waals surface area contributed by atoms with Gasteiger partial charge in [-0.2, -0.15) is 0 Å². The number of benzene rings is 1. The Labute approximate surface area is 167 Å². The van der Waals surface area contributed by atoms with Gasteiger partial charge in [0.05, 0.1) is 11.6 Å². The highest BCUT2D eigenvalue weighted by Crippen LogP contribution is 2.26. The smallest absolute Gasteiger partial charge is 0.261 e. The lowest BCUT2D eigenvalue weighted by Gasteiger charge is -2.13. The van der Waals surface area contributed by atoms with Gasteiger partial charge in [-0.05, 0) is 42.3 Å². The summed E-state index contributed by atoms with van der Waals surface area (Å²) in [4.78, 5) is 25.7. The molecular weight excluding hydrogens is 366 g/mol. The van der Waals surface area contributed by atoms with Gasteiger partial charge in [-0.1, -0.05) is 12.1 Å². The normalized spacial score (nSPS) is 10.8. The van der Waals surface area contributed by atoms with Crippen molar-refractivity contribution >= 4 is 33.9 Å². The molecule has 4 rings (SSSR count). The van der Waals surface area contributed by atoms with E-state index in [1.165, 1.54) is 5.56 Å². The molecule has 8 heteroatoms. The monoisotopic (exact) mass is 387 g/mol. The van der Waals surface area contributed by atoms with Crippen LogP contribution >= 0.6 is 0 Å². The SMILES string of the molecule is CNCc1ccc(Nc2nc(Nc3cnccn3)cc3ccn(C)c(=O)c23)cc1. The summed E-state index contributed by atoms with van der Waals surface area (Å²) in [6, 6.07) is 11.7. The van der Waals surface area contributed by atoms with Crippen molar-refractivity contribution in [2.75, 3.05) is 17.7 Å². The van der Waals surface area contributed by atoms with Gasteiger partial charge in [0.25, 0.3) is 5.56 Å². The molecule has 8 nitrogen and oxygen atoms in total. The first kappa shape index (κ1) is 18.6. The Morgan fingerprint density at radius 2 is 1.86 bits per heavy atom. The maximum Gasteiger partial charge on any atom is 0.261 e. The molecule has 0 atom stereocenters. The average Bonchev–Trinajstić information content (AvgIpc) is 2.73. The Morgan fingerprint density at radius 1 is 1.03 bits per heavy atom. The first-order chi connectivity index (χ1) is 14.1. The molecule has 146 valence electrons. The maximum atomic E-state index is 12.8. The molecule has 0 aliphatic rings. The molecule has 0 radical (unpaired) electrons. The van der Waals surface area contributed by atoms with Crippen molar-refractivity contribution in [3.05, 3.63) is 77.1 Å². The number of nitrogens with one attached hydrogen (secondary N) is 3. The van der Waals surface area contributed by atoms with Gasteiger partial charge in [-0.3, -0.25) is 9.78 Å². The molecule has 0 bridgehead atoms. The molecule has 4 aromatic rings. The number of aryl methyl sites for hydroxylation is 1. The number of pyridine rings is 2. The van der Waals surface area contributed by atoms with E-state index >= 15 is 0 Å². The van der Waals surface area contributed by atoms with Gasteiger partial charge in [-0.15, -0.1) is 0 Å². The Morgan fingerprint density at radius 3 is 2.59 bits per heavy atom. The van der Waals surface area contributed by atoms with Crippen molar-refractivity contribution < 1.29 is 0 Å². The van der Waals surface area contributed by atoms with Crippen LogP contribution < -0.4 is 21.5 Å². The van der Waals surface area contributed by atoms with Crippen LogP contribution in [0.2, 0.25) is 0 Å². The quantitative estimate of drug-likeness (QED) is 0.468. The van der Waals surface area contributed by atoms with E-state index in [9.17, 15) is 4.79 Å².